The van der Waals surface area contributed by atoms with E-state index in [0.717, 1.165) is 4.57 Å². The van der Waals surface area contributed by atoms with E-state index in [9.17, 15) is 27.6 Å². The summed E-state index contributed by atoms with van der Waals surface area (Å²) in [4.78, 5) is 42.0. The molecule has 8 nitrogen and oxygen atoms in total. The van der Waals surface area contributed by atoms with Gasteiger partial charge in [-0.05, 0) is 48.9 Å². The number of benzene rings is 2. The van der Waals surface area contributed by atoms with Crippen molar-refractivity contribution in [2.75, 3.05) is 13.7 Å². The lowest BCUT2D eigenvalue weighted by atomic mass is 9.95. The molecule has 0 bridgehead atoms. The van der Waals surface area contributed by atoms with Crippen molar-refractivity contribution in [2.24, 2.45) is 4.99 Å². The first-order valence-electron chi connectivity index (χ1n) is 12.4. The number of ether oxygens (including phenoxy) is 2. The van der Waals surface area contributed by atoms with Crippen LogP contribution >= 0.6 is 22.9 Å². The van der Waals surface area contributed by atoms with Crippen LogP contribution in [0.5, 0.6) is 0 Å². The maximum Gasteiger partial charge on any atom is 0.434 e. The second kappa shape index (κ2) is 11.5. The highest BCUT2D eigenvalue weighted by atomic mass is 35.5. The van der Waals surface area contributed by atoms with Crippen LogP contribution in [0.4, 0.5) is 13.2 Å². The molecule has 2 aromatic heterocycles. The first-order chi connectivity index (χ1) is 20.0. The van der Waals surface area contributed by atoms with E-state index in [1.165, 1.54) is 44.4 Å². The molecule has 1 aliphatic rings. The molecule has 0 amide bonds. The van der Waals surface area contributed by atoms with Crippen LogP contribution in [-0.4, -0.2) is 36.4 Å². The van der Waals surface area contributed by atoms with Gasteiger partial charge >= 0.3 is 18.1 Å². The maximum atomic E-state index is 14.2. The van der Waals surface area contributed by atoms with Crippen LogP contribution in [0.3, 0.4) is 0 Å². The van der Waals surface area contributed by atoms with E-state index in [2.05, 4.69) is 4.99 Å². The van der Waals surface area contributed by atoms with Gasteiger partial charge in [0.25, 0.3) is 5.56 Å². The fourth-order valence-corrected chi connectivity index (χ4v) is 5.54. The summed E-state index contributed by atoms with van der Waals surface area (Å²) in [5.41, 5.74) is -1.86. The standard InChI is InChI=1S/C29H20ClF3N2O6S/c1-3-40-27(38)22-23(15-7-9-18(30)10-8-15)35-25(36)21(42-28(35)34-24(22)29(31,32)33)14-19-11-12-20(41-19)16-5-4-6-17(13-16)26(37)39-2/h4-14,23H,3H2,1-2H3/b21-14-/t23-/m0/s1. The Kier molecular flexibility index (Phi) is 7.93. The first-order valence-corrected chi connectivity index (χ1v) is 13.6. The van der Waals surface area contributed by atoms with Crippen LogP contribution in [-0.2, 0) is 14.3 Å². The van der Waals surface area contributed by atoms with Gasteiger partial charge in [-0.15, -0.1) is 0 Å². The maximum absolute atomic E-state index is 14.2. The third-order valence-corrected chi connectivity index (χ3v) is 7.48. The number of thiazole rings is 1. The molecule has 0 saturated heterocycles. The number of fused-ring (bicyclic) bond motifs is 1. The van der Waals surface area contributed by atoms with Gasteiger partial charge in [-0.1, -0.05) is 47.2 Å². The zero-order chi connectivity index (χ0) is 30.2. The molecule has 0 aliphatic carbocycles. The number of esters is 2. The van der Waals surface area contributed by atoms with Crippen molar-refractivity contribution in [1.82, 2.24) is 4.57 Å². The first kappa shape index (κ1) is 29.1. The predicted molar refractivity (Wildman–Crippen MR) is 148 cm³/mol. The van der Waals surface area contributed by atoms with Crippen molar-refractivity contribution >= 4 is 41.0 Å². The highest BCUT2D eigenvalue weighted by Gasteiger charge is 2.45. The zero-order valence-corrected chi connectivity index (χ0v) is 23.5. The van der Waals surface area contributed by atoms with Gasteiger partial charge in [0, 0.05) is 16.7 Å². The summed E-state index contributed by atoms with van der Waals surface area (Å²) in [5.74, 6) is -1.17. The minimum absolute atomic E-state index is 0.0172. The second-order valence-electron chi connectivity index (χ2n) is 8.89. The third-order valence-electron chi connectivity index (χ3n) is 6.25. The third kappa shape index (κ3) is 5.55. The summed E-state index contributed by atoms with van der Waals surface area (Å²) < 4.78 is 59.4. The normalized spacial score (nSPS) is 15.3. The molecule has 5 rings (SSSR count). The quantitative estimate of drug-likeness (QED) is 0.282. The summed E-state index contributed by atoms with van der Waals surface area (Å²) in [6.45, 7) is 1.27. The Hall–Kier alpha value is -4.42. The molecule has 0 fully saturated rings. The number of hydrogen-bond acceptors (Lipinski definition) is 8. The molecule has 0 radical (unpaired) electrons. The van der Waals surface area contributed by atoms with E-state index >= 15 is 0 Å². The molecule has 0 N–H and O–H groups in total. The molecule has 13 heteroatoms. The smallest absolute Gasteiger partial charge is 0.434 e. The Morgan fingerprint density at radius 2 is 1.86 bits per heavy atom. The Labute approximate surface area is 244 Å². The molecule has 42 heavy (non-hydrogen) atoms. The summed E-state index contributed by atoms with van der Waals surface area (Å²) in [6.07, 6.45) is -3.64. The average Bonchev–Trinajstić information content (AvgIpc) is 3.56. The molecule has 2 aromatic carbocycles. The zero-order valence-electron chi connectivity index (χ0n) is 21.9. The SMILES string of the molecule is CCOC(=O)C1=C(C(F)(F)F)N=c2s/c(=C\c3ccc(-c4cccc(C(=O)OC)c4)o3)c(=O)n2[C@H]1c1ccc(Cl)cc1. The van der Waals surface area contributed by atoms with E-state index < -0.39 is 41.0 Å². The van der Waals surface area contributed by atoms with Crippen LogP contribution in [0, 0.1) is 0 Å². The minimum atomic E-state index is -5.02. The summed E-state index contributed by atoms with van der Waals surface area (Å²) in [7, 11) is 1.26. The van der Waals surface area contributed by atoms with E-state index in [-0.39, 0.29) is 27.3 Å². The Bertz CT molecular complexity index is 1900. The van der Waals surface area contributed by atoms with Crippen molar-refractivity contribution in [1.29, 1.82) is 0 Å². The summed E-state index contributed by atoms with van der Waals surface area (Å²) in [5, 5.41) is 0.314. The molecule has 3 heterocycles. The number of furan rings is 1. The van der Waals surface area contributed by atoms with Crippen molar-refractivity contribution in [3.05, 3.63) is 114 Å². The summed E-state index contributed by atoms with van der Waals surface area (Å²) >= 11 is 6.71. The van der Waals surface area contributed by atoms with Gasteiger partial charge in [0.05, 0.1) is 35.4 Å². The molecule has 216 valence electrons. The monoisotopic (exact) mass is 616 g/mol. The van der Waals surface area contributed by atoms with Crippen molar-refractivity contribution in [2.45, 2.75) is 19.1 Å². The minimum Gasteiger partial charge on any atom is -0.465 e. The Morgan fingerprint density at radius 1 is 1.12 bits per heavy atom. The fraction of sp³-hybridized carbons (Fsp3) is 0.172. The largest absolute Gasteiger partial charge is 0.465 e. The predicted octanol–water partition coefficient (Wildman–Crippen LogP) is 5.04. The van der Waals surface area contributed by atoms with E-state index in [1.54, 1.807) is 36.4 Å². The molecular weight excluding hydrogens is 597 g/mol. The van der Waals surface area contributed by atoms with Gasteiger partial charge in [0.15, 0.2) is 10.5 Å². The highest BCUT2D eigenvalue weighted by molar-refractivity contribution is 7.07. The molecule has 1 aliphatic heterocycles. The number of halogens is 4. The molecule has 0 unspecified atom stereocenters. The van der Waals surface area contributed by atoms with Gasteiger partial charge in [-0.25, -0.2) is 14.6 Å². The average molecular weight is 617 g/mol. The highest BCUT2D eigenvalue weighted by Crippen LogP contribution is 2.38. The topological polar surface area (TPSA) is 100 Å². The number of carbonyl (C=O) groups is 2. The van der Waals surface area contributed by atoms with Crippen LogP contribution < -0.4 is 14.9 Å². The van der Waals surface area contributed by atoms with Crippen molar-refractivity contribution < 1.29 is 36.7 Å². The molecule has 4 aromatic rings. The fourth-order valence-electron chi connectivity index (χ4n) is 4.43. The van der Waals surface area contributed by atoms with Crippen molar-refractivity contribution in [3.8, 4) is 11.3 Å². The molecular formula is C29H20ClF3N2O6S. The second-order valence-corrected chi connectivity index (χ2v) is 10.3. The number of allylic oxidation sites excluding steroid dienone is 1. The van der Waals surface area contributed by atoms with Crippen LogP contribution in [0.1, 0.15) is 34.6 Å². The van der Waals surface area contributed by atoms with Crippen LogP contribution in [0.15, 0.2) is 86.1 Å². The van der Waals surface area contributed by atoms with E-state index in [4.69, 9.17) is 25.5 Å². The van der Waals surface area contributed by atoms with Gasteiger partial charge in [-0.3, -0.25) is 9.36 Å². The number of alkyl halides is 3. The lowest BCUT2D eigenvalue weighted by Gasteiger charge is -2.26. The number of nitrogens with zero attached hydrogens (tertiary/aromatic N) is 2. The van der Waals surface area contributed by atoms with Crippen LogP contribution in [0.25, 0.3) is 17.4 Å². The van der Waals surface area contributed by atoms with Gasteiger partial charge in [0.2, 0.25) is 0 Å². The van der Waals surface area contributed by atoms with E-state index in [1.807, 2.05) is 0 Å². The Balaban J connectivity index is 1.67. The van der Waals surface area contributed by atoms with E-state index in [0.29, 0.717) is 33.2 Å². The lowest BCUT2D eigenvalue weighted by Crippen LogP contribution is -2.41. The number of rotatable bonds is 6. The number of carbonyl (C=O) groups excluding carboxylic acids is 2. The van der Waals surface area contributed by atoms with Gasteiger partial charge < -0.3 is 13.9 Å². The number of methoxy groups -OCH3 is 1. The lowest BCUT2D eigenvalue weighted by molar-refractivity contribution is -0.140. The van der Waals surface area contributed by atoms with Crippen molar-refractivity contribution in [3.63, 3.8) is 0 Å². The number of hydrogen-bond donors (Lipinski definition) is 0. The van der Waals surface area contributed by atoms with Crippen LogP contribution in [0.2, 0.25) is 5.02 Å². The molecule has 1 atom stereocenters. The number of aromatic nitrogens is 1. The van der Waals surface area contributed by atoms with Gasteiger partial charge in [-0.2, -0.15) is 13.2 Å². The Morgan fingerprint density at radius 3 is 2.52 bits per heavy atom. The molecule has 0 spiro atoms. The summed E-state index contributed by atoms with van der Waals surface area (Å²) in [6, 6.07) is 14.0. The molecule has 0 saturated carbocycles. The van der Waals surface area contributed by atoms with Gasteiger partial charge in [0.1, 0.15) is 11.5 Å².